The first-order valence-corrected chi connectivity index (χ1v) is 10.0. The number of nitrogens with one attached hydrogen (secondary N) is 2. The highest BCUT2D eigenvalue weighted by Crippen LogP contribution is 2.32. The Labute approximate surface area is 160 Å². The van der Waals surface area contributed by atoms with Gasteiger partial charge in [-0.25, -0.2) is 0 Å². The van der Waals surface area contributed by atoms with Gasteiger partial charge in [-0.3, -0.25) is 14.5 Å². The van der Waals surface area contributed by atoms with Crippen molar-refractivity contribution in [1.29, 1.82) is 0 Å². The van der Waals surface area contributed by atoms with Crippen molar-refractivity contribution < 1.29 is 9.59 Å². The van der Waals surface area contributed by atoms with Gasteiger partial charge in [0.15, 0.2) is 0 Å². The van der Waals surface area contributed by atoms with Crippen LogP contribution >= 0.6 is 0 Å². The van der Waals surface area contributed by atoms with Crippen molar-refractivity contribution in [2.45, 2.75) is 38.6 Å². The van der Waals surface area contributed by atoms with Gasteiger partial charge in [-0.2, -0.15) is 0 Å². The number of fused-ring (bicyclic) bond motifs is 1. The minimum Gasteiger partial charge on any atom is -0.350 e. The van der Waals surface area contributed by atoms with Crippen LogP contribution in [0.2, 0.25) is 0 Å². The predicted octanol–water partition coefficient (Wildman–Crippen LogP) is 3.40. The topological polar surface area (TPSA) is 61.4 Å². The Morgan fingerprint density at radius 3 is 2.56 bits per heavy atom. The number of benzene rings is 2. The summed E-state index contributed by atoms with van der Waals surface area (Å²) in [7, 11) is 0. The van der Waals surface area contributed by atoms with E-state index in [-0.39, 0.29) is 17.7 Å². The van der Waals surface area contributed by atoms with Gasteiger partial charge in [0.25, 0.3) is 5.91 Å². The maximum Gasteiger partial charge on any atom is 0.253 e. The average molecular weight is 365 g/mol. The summed E-state index contributed by atoms with van der Waals surface area (Å²) in [5, 5.41) is 8.10. The highest BCUT2D eigenvalue weighted by molar-refractivity contribution is 6.08. The molecule has 1 atom stereocenters. The Balaban J connectivity index is 1.56. The molecule has 1 heterocycles. The molecule has 2 fully saturated rings. The Bertz CT molecular complexity index is 860. The first kappa shape index (κ1) is 18.0. The second-order valence-corrected chi connectivity index (χ2v) is 7.64. The molecule has 1 unspecified atom stereocenters. The van der Waals surface area contributed by atoms with Gasteiger partial charge in [-0.15, -0.1) is 0 Å². The van der Waals surface area contributed by atoms with Crippen molar-refractivity contribution in [3.63, 3.8) is 0 Å². The molecule has 0 spiro atoms. The highest BCUT2D eigenvalue weighted by Gasteiger charge is 2.30. The van der Waals surface area contributed by atoms with Crippen LogP contribution in [0.5, 0.6) is 0 Å². The van der Waals surface area contributed by atoms with Crippen molar-refractivity contribution >= 4 is 28.3 Å². The number of likely N-dealkylation sites (N-methyl/N-ethyl adjacent to an activating group) is 1. The van der Waals surface area contributed by atoms with Gasteiger partial charge in [-0.1, -0.05) is 31.2 Å². The molecule has 0 aromatic heterocycles. The van der Waals surface area contributed by atoms with E-state index in [4.69, 9.17) is 0 Å². The molecule has 5 nitrogen and oxygen atoms in total. The summed E-state index contributed by atoms with van der Waals surface area (Å²) in [5.74, 6) is 0.00562. The number of likely N-dealkylation sites (tertiary alicyclic amines) is 1. The maximum absolute atomic E-state index is 12.9. The van der Waals surface area contributed by atoms with E-state index in [1.165, 1.54) is 6.42 Å². The number of hydrogen-bond acceptors (Lipinski definition) is 3. The lowest BCUT2D eigenvalue weighted by Gasteiger charge is -2.23. The smallest absolute Gasteiger partial charge is 0.253 e. The van der Waals surface area contributed by atoms with E-state index < -0.39 is 0 Å². The molecule has 2 aliphatic rings. The van der Waals surface area contributed by atoms with Gasteiger partial charge in [-0.05, 0) is 61.7 Å². The standard InChI is InChI=1S/C22H27N3O2/c1-2-25-11-5-8-18(25)14-23-22(27)19-12-16-6-3-4-7-17(16)13-20(19)24-21(26)15-9-10-15/h3-4,6-7,12-13,15,18H,2,5,8-11,14H2,1H3,(H,23,27)(H,24,26). The predicted molar refractivity (Wildman–Crippen MR) is 108 cm³/mol. The third kappa shape index (κ3) is 3.98. The van der Waals surface area contributed by atoms with Crippen molar-refractivity contribution in [1.82, 2.24) is 10.2 Å². The number of carbonyl (C=O) groups excluding carboxylic acids is 2. The van der Waals surface area contributed by atoms with E-state index in [0.29, 0.717) is 23.8 Å². The van der Waals surface area contributed by atoms with E-state index in [9.17, 15) is 9.59 Å². The average Bonchev–Trinajstić information content (AvgIpc) is 3.44. The molecule has 1 saturated carbocycles. The molecule has 27 heavy (non-hydrogen) atoms. The van der Waals surface area contributed by atoms with Crippen molar-refractivity contribution in [2.75, 3.05) is 25.0 Å². The maximum atomic E-state index is 12.9. The van der Waals surface area contributed by atoms with Crippen LogP contribution < -0.4 is 10.6 Å². The molecule has 2 aromatic rings. The van der Waals surface area contributed by atoms with Crippen LogP contribution in [0.3, 0.4) is 0 Å². The molecule has 1 aliphatic carbocycles. The molecule has 2 N–H and O–H groups in total. The van der Waals surface area contributed by atoms with Crippen molar-refractivity contribution in [3.8, 4) is 0 Å². The summed E-state index contributed by atoms with van der Waals surface area (Å²) in [6.07, 6.45) is 4.19. The van der Waals surface area contributed by atoms with E-state index >= 15 is 0 Å². The quantitative estimate of drug-likeness (QED) is 0.825. The van der Waals surface area contributed by atoms with Crippen LogP contribution in [0, 0.1) is 5.92 Å². The summed E-state index contributed by atoms with van der Waals surface area (Å²) in [4.78, 5) is 27.6. The molecular formula is C22H27N3O2. The zero-order valence-corrected chi connectivity index (χ0v) is 15.8. The van der Waals surface area contributed by atoms with Crippen molar-refractivity contribution in [2.24, 2.45) is 5.92 Å². The molecule has 1 aliphatic heterocycles. The normalized spacial score (nSPS) is 20.0. The van der Waals surface area contributed by atoms with Crippen LogP contribution in [0.15, 0.2) is 36.4 Å². The lowest BCUT2D eigenvalue weighted by Crippen LogP contribution is -2.40. The van der Waals surface area contributed by atoms with Crippen LogP contribution in [-0.4, -0.2) is 42.4 Å². The monoisotopic (exact) mass is 365 g/mol. The molecule has 142 valence electrons. The van der Waals surface area contributed by atoms with Gasteiger partial charge >= 0.3 is 0 Å². The number of amides is 2. The molecular weight excluding hydrogens is 338 g/mol. The van der Waals surface area contributed by atoms with Gasteiger partial charge in [0.2, 0.25) is 5.91 Å². The Kier molecular flexibility index (Phi) is 5.12. The van der Waals surface area contributed by atoms with E-state index in [1.807, 2.05) is 36.4 Å². The summed E-state index contributed by atoms with van der Waals surface area (Å²) >= 11 is 0. The number of rotatable bonds is 6. The lowest BCUT2D eigenvalue weighted by atomic mass is 10.0. The molecule has 2 aromatic carbocycles. The largest absolute Gasteiger partial charge is 0.350 e. The summed E-state index contributed by atoms with van der Waals surface area (Å²) in [6.45, 7) is 4.93. The number of anilines is 1. The Morgan fingerprint density at radius 2 is 1.85 bits per heavy atom. The molecule has 0 bridgehead atoms. The van der Waals surface area contributed by atoms with Crippen LogP contribution in [0.1, 0.15) is 43.0 Å². The zero-order valence-electron chi connectivity index (χ0n) is 15.8. The Hall–Kier alpha value is -2.40. The van der Waals surface area contributed by atoms with E-state index in [0.717, 1.165) is 43.1 Å². The van der Waals surface area contributed by atoms with Crippen LogP contribution in [-0.2, 0) is 4.79 Å². The third-order valence-electron chi connectivity index (χ3n) is 5.74. The molecule has 2 amide bonds. The minimum atomic E-state index is -0.116. The zero-order chi connectivity index (χ0) is 18.8. The number of hydrogen-bond donors (Lipinski definition) is 2. The lowest BCUT2D eigenvalue weighted by molar-refractivity contribution is -0.117. The summed E-state index contributed by atoms with van der Waals surface area (Å²) in [6, 6.07) is 12.1. The fraction of sp³-hybridized carbons (Fsp3) is 0.455. The van der Waals surface area contributed by atoms with Gasteiger partial charge in [0.05, 0.1) is 11.3 Å². The molecule has 1 saturated heterocycles. The molecule has 0 radical (unpaired) electrons. The molecule has 5 heteroatoms. The van der Waals surface area contributed by atoms with Crippen LogP contribution in [0.25, 0.3) is 10.8 Å². The SMILES string of the molecule is CCN1CCCC1CNC(=O)c1cc2ccccc2cc1NC(=O)C1CC1. The number of carbonyl (C=O) groups is 2. The van der Waals surface area contributed by atoms with Gasteiger partial charge in [0, 0.05) is 18.5 Å². The third-order valence-corrected chi connectivity index (χ3v) is 5.74. The number of nitrogens with zero attached hydrogens (tertiary/aromatic N) is 1. The summed E-state index contributed by atoms with van der Waals surface area (Å²) in [5.41, 5.74) is 1.16. The minimum absolute atomic E-state index is 0.0206. The fourth-order valence-electron chi connectivity index (χ4n) is 3.96. The van der Waals surface area contributed by atoms with E-state index in [1.54, 1.807) is 0 Å². The Morgan fingerprint density at radius 1 is 1.11 bits per heavy atom. The van der Waals surface area contributed by atoms with Crippen LogP contribution in [0.4, 0.5) is 5.69 Å². The molecule has 4 rings (SSSR count). The second kappa shape index (κ2) is 7.69. The fourth-order valence-corrected chi connectivity index (χ4v) is 3.96. The van der Waals surface area contributed by atoms with Gasteiger partial charge < -0.3 is 10.6 Å². The second-order valence-electron chi connectivity index (χ2n) is 7.64. The summed E-state index contributed by atoms with van der Waals surface area (Å²) < 4.78 is 0. The first-order chi connectivity index (χ1) is 13.2. The van der Waals surface area contributed by atoms with E-state index in [2.05, 4.69) is 22.5 Å². The highest BCUT2D eigenvalue weighted by atomic mass is 16.2. The first-order valence-electron chi connectivity index (χ1n) is 10.0. The van der Waals surface area contributed by atoms with Crippen molar-refractivity contribution in [3.05, 3.63) is 42.0 Å². The van der Waals surface area contributed by atoms with Gasteiger partial charge in [0.1, 0.15) is 0 Å².